The highest BCUT2D eigenvalue weighted by molar-refractivity contribution is 6.42. The van der Waals surface area contributed by atoms with Crippen LogP contribution in [0.15, 0.2) is 24.7 Å². The lowest BCUT2D eigenvalue weighted by atomic mass is 10.1. The average molecular weight is 439 g/mol. The number of nitrogens with two attached hydrogens (primary N) is 2. The number of ether oxygens (including phenoxy) is 2. The predicted octanol–water partition coefficient (Wildman–Crippen LogP) is 3.13. The Morgan fingerprint density at radius 3 is 2.86 bits per heavy atom. The molecule has 4 N–H and O–H groups in total. The molecule has 0 unspecified atom stereocenters. The van der Waals surface area contributed by atoms with Crippen molar-refractivity contribution in [2.24, 2.45) is 5.73 Å². The van der Waals surface area contributed by atoms with Gasteiger partial charge in [0.25, 0.3) is 0 Å². The summed E-state index contributed by atoms with van der Waals surface area (Å²) < 4.78 is 12.8. The van der Waals surface area contributed by atoms with Gasteiger partial charge in [-0.15, -0.1) is 0 Å². The lowest BCUT2D eigenvalue weighted by Crippen LogP contribution is -2.26. The molecule has 0 aliphatic heterocycles. The van der Waals surface area contributed by atoms with E-state index in [1.54, 1.807) is 12.3 Å². The maximum atomic E-state index is 6.49. The lowest BCUT2D eigenvalue weighted by molar-refractivity contribution is 0.128. The molecule has 1 aromatic carbocycles. The molecule has 0 amide bonds. The van der Waals surface area contributed by atoms with Crippen LogP contribution in [0.5, 0.6) is 5.75 Å². The highest BCUT2D eigenvalue weighted by Gasteiger charge is 2.17. The molecule has 0 fully saturated rings. The van der Waals surface area contributed by atoms with E-state index in [0.717, 1.165) is 24.0 Å². The quantitative estimate of drug-likeness (QED) is 0.467. The molecule has 8 nitrogen and oxygen atoms in total. The van der Waals surface area contributed by atoms with Crippen LogP contribution >= 0.6 is 23.2 Å². The zero-order valence-electron chi connectivity index (χ0n) is 16.1. The van der Waals surface area contributed by atoms with Crippen molar-refractivity contribution in [3.05, 3.63) is 45.8 Å². The molecule has 2 heterocycles. The van der Waals surface area contributed by atoms with Gasteiger partial charge in [0.2, 0.25) is 5.95 Å². The third-order valence-corrected chi connectivity index (χ3v) is 5.28. The normalized spacial score (nSPS) is 12.4. The van der Waals surface area contributed by atoms with Crippen molar-refractivity contribution in [2.45, 2.75) is 32.2 Å². The van der Waals surface area contributed by atoms with E-state index in [1.807, 2.05) is 13.0 Å². The topological polar surface area (TPSA) is 114 Å². The predicted molar refractivity (Wildman–Crippen MR) is 114 cm³/mol. The van der Waals surface area contributed by atoms with Crippen LogP contribution in [-0.2, 0) is 11.2 Å². The van der Waals surface area contributed by atoms with Gasteiger partial charge in [0.1, 0.15) is 12.1 Å². The van der Waals surface area contributed by atoms with Gasteiger partial charge in [0.05, 0.1) is 29.5 Å². The summed E-state index contributed by atoms with van der Waals surface area (Å²) in [7, 11) is 0. The van der Waals surface area contributed by atoms with Gasteiger partial charge in [0.15, 0.2) is 5.65 Å². The Balaban J connectivity index is 1.73. The minimum atomic E-state index is -0.00393. The fraction of sp³-hybridized carbons (Fsp3) is 0.421. The Bertz CT molecular complexity index is 965. The van der Waals surface area contributed by atoms with Crippen LogP contribution in [0.2, 0.25) is 10.0 Å². The van der Waals surface area contributed by atoms with Gasteiger partial charge < -0.3 is 20.9 Å². The van der Waals surface area contributed by atoms with E-state index in [2.05, 4.69) is 15.1 Å². The Hall–Kier alpha value is -2.13. The second kappa shape index (κ2) is 10.1. The SMILES string of the molecule is CCOC[C@H](N)CCCOc1ccc(Cl)c(Cl)c1Cc1cnn2c(N)ncnc12. The molecule has 1 atom stereocenters. The first kappa shape index (κ1) is 21.6. The Labute approximate surface area is 179 Å². The van der Waals surface area contributed by atoms with Gasteiger partial charge in [-0.25, -0.2) is 9.97 Å². The number of nitrogens with zero attached hydrogens (tertiary/aromatic N) is 4. The maximum Gasteiger partial charge on any atom is 0.224 e. The number of fused-ring (bicyclic) bond motifs is 1. The summed E-state index contributed by atoms with van der Waals surface area (Å²) in [5.74, 6) is 0.928. The van der Waals surface area contributed by atoms with E-state index in [0.29, 0.717) is 47.7 Å². The summed E-state index contributed by atoms with van der Waals surface area (Å²) >= 11 is 12.7. The second-order valence-electron chi connectivity index (χ2n) is 6.56. The minimum absolute atomic E-state index is 0.00393. The molecule has 0 spiro atoms. The average Bonchev–Trinajstić information content (AvgIpc) is 3.13. The van der Waals surface area contributed by atoms with Gasteiger partial charge in [-0.2, -0.15) is 9.61 Å². The van der Waals surface area contributed by atoms with Crippen LogP contribution in [0, 0.1) is 0 Å². The summed E-state index contributed by atoms with van der Waals surface area (Å²) in [6, 6.07) is 3.54. The van der Waals surface area contributed by atoms with Crippen molar-refractivity contribution in [3.8, 4) is 5.75 Å². The number of anilines is 1. The van der Waals surface area contributed by atoms with Crippen molar-refractivity contribution in [1.82, 2.24) is 19.6 Å². The first-order chi connectivity index (χ1) is 14.0. The third kappa shape index (κ3) is 5.27. The van der Waals surface area contributed by atoms with E-state index in [-0.39, 0.29) is 12.0 Å². The zero-order valence-corrected chi connectivity index (χ0v) is 17.7. The molecule has 3 rings (SSSR count). The standard InChI is InChI=1S/C19H24Cl2N6O2/c1-2-28-10-13(22)4-3-7-29-16-6-5-15(20)17(21)14(16)8-12-9-26-27-18(12)24-11-25-19(27)23/h5-6,9,11,13H,2-4,7-8,10,22H2,1H3,(H2,23,24,25)/t13-/m1/s1. The van der Waals surface area contributed by atoms with Crippen molar-refractivity contribution >= 4 is 34.8 Å². The Kier molecular flexibility index (Phi) is 7.49. The van der Waals surface area contributed by atoms with Gasteiger partial charge >= 0.3 is 0 Å². The Morgan fingerprint density at radius 1 is 1.24 bits per heavy atom. The van der Waals surface area contributed by atoms with E-state index < -0.39 is 0 Å². The summed E-state index contributed by atoms with van der Waals surface area (Å²) in [6.07, 6.45) is 5.14. The van der Waals surface area contributed by atoms with E-state index >= 15 is 0 Å². The number of aromatic nitrogens is 4. The van der Waals surface area contributed by atoms with Gasteiger partial charge in [0, 0.05) is 30.2 Å². The van der Waals surface area contributed by atoms with Crippen LogP contribution in [0.25, 0.3) is 5.65 Å². The highest BCUT2D eigenvalue weighted by Crippen LogP contribution is 2.35. The number of hydrogen-bond acceptors (Lipinski definition) is 7. The monoisotopic (exact) mass is 438 g/mol. The first-order valence-electron chi connectivity index (χ1n) is 9.37. The number of benzene rings is 1. The molecule has 0 bridgehead atoms. The number of halogens is 2. The highest BCUT2D eigenvalue weighted by atomic mass is 35.5. The molecule has 0 aliphatic carbocycles. The molecule has 2 aromatic heterocycles. The third-order valence-electron chi connectivity index (χ3n) is 4.44. The van der Waals surface area contributed by atoms with Crippen LogP contribution in [-0.4, -0.2) is 45.4 Å². The molecule has 10 heteroatoms. The fourth-order valence-corrected chi connectivity index (χ4v) is 3.35. The smallest absolute Gasteiger partial charge is 0.224 e. The van der Waals surface area contributed by atoms with E-state index in [1.165, 1.54) is 10.8 Å². The summed E-state index contributed by atoms with van der Waals surface area (Å²) in [4.78, 5) is 8.20. The van der Waals surface area contributed by atoms with E-state index in [4.69, 9.17) is 44.1 Å². The number of nitrogen functional groups attached to an aromatic ring is 1. The van der Waals surface area contributed by atoms with Crippen molar-refractivity contribution in [2.75, 3.05) is 25.6 Å². The van der Waals surface area contributed by atoms with Crippen LogP contribution in [0.3, 0.4) is 0 Å². The molecule has 0 radical (unpaired) electrons. The van der Waals surface area contributed by atoms with Gasteiger partial charge in [-0.05, 0) is 31.9 Å². The molecule has 0 aliphatic rings. The summed E-state index contributed by atoms with van der Waals surface area (Å²) in [6.45, 7) is 3.67. The number of hydrogen-bond donors (Lipinski definition) is 2. The summed E-state index contributed by atoms with van der Waals surface area (Å²) in [5, 5.41) is 5.14. The lowest BCUT2D eigenvalue weighted by Gasteiger charge is -2.15. The minimum Gasteiger partial charge on any atom is -0.493 e. The van der Waals surface area contributed by atoms with Crippen molar-refractivity contribution in [3.63, 3.8) is 0 Å². The molecule has 156 valence electrons. The Morgan fingerprint density at radius 2 is 2.07 bits per heavy atom. The molecule has 3 aromatic rings. The van der Waals surface area contributed by atoms with E-state index in [9.17, 15) is 0 Å². The molecule has 0 saturated carbocycles. The molecule has 29 heavy (non-hydrogen) atoms. The largest absolute Gasteiger partial charge is 0.493 e. The van der Waals surface area contributed by atoms with Crippen LogP contribution in [0.4, 0.5) is 5.95 Å². The van der Waals surface area contributed by atoms with Gasteiger partial charge in [-0.1, -0.05) is 23.2 Å². The van der Waals surface area contributed by atoms with Crippen molar-refractivity contribution in [1.29, 1.82) is 0 Å². The van der Waals surface area contributed by atoms with Crippen LogP contribution < -0.4 is 16.2 Å². The number of rotatable bonds is 10. The van der Waals surface area contributed by atoms with Gasteiger partial charge in [-0.3, -0.25) is 0 Å². The molecular formula is C19H24Cl2N6O2. The zero-order chi connectivity index (χ0) is 20.8. The fourth-order valence-electron chi connectivity index (χ4n) is 2.95. The maximum absolute atomic E-state index is 6.49. The second-order valence-corrected chi connectivity index (χ2v) is 7.35. The van der Waals surface area contributed by atoms with Crippen molar-refractivity contribution < 1.29 is 9.47 Å². The first-order valence-corrected chi connectivity index (χ1v) is 10.1. The van der Waals surface area contributed by atoms with Crippen LogP contribution in [0.1, 0.15) is 30.9 Å². The molecule has 0 saturated heterocycles. The summed E-state index contributed by atoms with van der Waals surface area (Å²) in [5.41, 5.74) is 14.1. The molecular weight excluding hydrogens is 415 g/mol.